The molecular weight excluding hydrogens is 302 g/mol. The van der Waals surface area contributed by atoms with Crippen LogP contribution in [0.3, 0.4) is 0 Å². The van der Waals surface area contributed by atoms with Gasteiger partial charge in [-0.1, -0.05) is 41.9 Å². The molecule has 0 spiro atoms. The number of methoxy groups -OCH3 is 1. The maximum atomic E-state index is 12.3. The molecule has 0 fully saturated rings. The van der Waals surface area contributed by atoms with Crippen LogP contribution in [0.15, 0.2) is 48.5 Å². The molecule has 0 bridgehead atoms. The van der Waals surface area contributed by atoms with Gasteiger partial charge in [0.25, 0.3) is 0 Å². The lowest BCUT2D eigenvalue weighted by Gasteiger charge is -2.20. The minimum absolute atomic E-state index is 0.00413. The van der Waals surface area contributed by atoms with Crippen molar-refractivity contribution in [1.82, 2.24) is 0 Å². The standard InChI is InChI=1S/C17H18ClNO3/c1-19(13-8-9-16(22-2)14(18)10-13)17(21)11-15(20)12-6-4-3-5-7-12/h3-10,15,20H,11H2,1-2H3. The second kappa shape index (κ2) is 7.29. The molecule has 1 unspecified atom stereocenters. The van der Waals surface area contributed by atoms with Gasteiger partial charge in [0.05, 0.1) is 24.7 Å². The lowest BCUT2D eigenvalue weighted by molar-refractivity contribution is -0.120. The molecule has 0 saturated carbocycles. The number of anilines is 1. The number of rotatable bonds is 5. The smallest absolute Gasteiger partial charge is 0.229 e. The molecule has 1 amide bonds. The average molecular weight is 320 g/mol. The fraction of sp³-hybridized carbons (Fsp3) is 0.235. The molecule has 2 rings (SSSR count). The normalized spacial score (nSPS) is 11.8. The molecule has 5 heteroatoms. The first-order valence-electron chi connectivity index (χ1n) is 6.86. The third-order valence-corrected chi connectivity index (χ3v) is 3.74. The number of hydrogen-bond acceptors (Lipinski definition) is 3. The predicted molar refractivity (Wildman–Crippen MR) is 87.4 cm³/mol. The van der Waals surface area contributed by atoms with E-state index in [9.17, 15) is 9.90 Å². The monoisotopic (exact) mass is 319 g/mol. The van der Waals surface area contributed by atoms with E-state index in [-0.39, 0.29) is 12.3 Å². The number of nitrogens with zero attached hydrogens (tertiary/aromatic N) is 1. The van der Waals surface area contributed by atoms with E-state index in [0.717, 1.165) is 5.56 Å². The second-order valence-electron chi connectivity index (χ2n) is 4.90. The number of amides is 1. The molecule has 116 valence electrons. The molecule has 1 atom stereocenters. The Bertz CT molecular complexity index is 646. The number of ether oxygens (including phenoxy) is 1. The Labute approximate surface area is 134 Å². The first-order chi connectivity index (χ1) is 10.5. The van der Waals surface area contributed by atoms with Gasteiger partial charge in [0.2, 0.25) is 5.91 Å². The van der Waals surface area contributed by atoms with Crippen molar-refractivity contribution in [3.63, 3.8) is 0 Å². The summed E-state index contributed by atoms with van der Waals surface area (Å²) < 4.78 is 5.09. The van der Waals surface area contributed by atoms with Gasteiger partial charge in [0.1, 0.15) is 5.75 Å². The molecule has 22 heavy (non-hydrogen) atoms. The van der Waals surface area contributed by atoms with Crippen molar-refractivity contribution in [3.8, 4) is 5.75 Å². The summed E-state index contributed by atoms with van der Waals surface area (Å²) in [6.45, 7) is 0. The molecule has 0 aliphatic rings. The lowest BCUT2D eigenvalue weighted by atomic mass is 10.1. The third-order valence-electron chi connectivity index (χ3n) is 3.45. The van der Waals surface area contributed by atoms with Gasteiger partial charge in [-0.2, -0.15) is 0 Å². The van der Waals surface area contributed by atoms with Gasteiger partial charge in [-0.25, -0.2) is 0 Å². The van der Waals surface area contributed by atoms with Crippen LogP contribution in [0.25, 0.3) is 0 Å². The van der Waals surface area contributed by atoms with Gasteiger partial charge in [-0.3, -0.25) is 4.79 Å². The lowest BCUT2D eigenvalue weighted by Crippen LogP contribution is -2.27. The maximum Gasteiger partial charge on any atom is 0.229 e. The molecule has 2 aromatic rings. The summed E-state index contributed by atoms with van der Waals surface area (Å²) >= 11 is 6.07. The van der Waals surface area contributed by atoms with Crippen molar-refractivity contribution in [2.75, 3.05) is 19.1 Å². The van der Waals surface area contributed by atoms with E-state index in [0.29, 0.717) is 16.5 Å². The number of aliphatic hydroxyl groups excluding tert-OH is 1. The van der Waals surface area contributed by atoms with E-state index in [1.54, 1.807) is 37.4 Å². The minimum atomic E-state index is -0.829. The van der Waals surface area contributed by atoms with Gasteiger partial charge in [-0.15, -0.1) is 0 Å². The van der Waals surface area contributed by atoms with Crippen LogP contribution in [0.5, 0.6) is 5.75 Å². The zero-order chi connectivity index (χ0) is 16.1. The second-order valence-corrected chi connectivity index (χ2v) is 5.31. The molecular formula is C17H18ClNO3. The van der Waals surface area contributed by atoms with Crippen LogP contribution in [0.1, 0.15) is 18.1 Å². The first-order valence-corrected chi connectivity index (χ1v) is 7.24. The number of halogens is 1. The number of carbonyl (C=O) groups excluding carboxylic acids is 1. The van der Waals surface area contributed by atoms with E-state index < -0.39 is 6.10 Å². The van der Waals surface area contributed by atoms with E-state index in [4.69, 9.17) is 16.3 Å². The molecule has 0 aliphatic heterocycles. The Kier molecular flexibility index (Phi) is 5.41. The molecule has 0 radical (unpaired) electrons. The molecule has 1 N–H and O–H groups in total. The minimum Gasteiger partial charge on any atom is -0.495 e. The van der Waals surface area contributed by atoms with Gasteiger partial charge in [-0.05, 0) is 23.8 Å². The number of hydrogen-bond donors (Lipinski definition) is 1. The van der Waals surface area contributed by atoms with Crippen LogP contribution >= 0.6 is 11.6 Å². The van der Waals surface area contributed by atoms with Crippen LogP contribution < -0.4 is 9.64 Å². The van der Waals surface area contributed by atoms with Crippen molar-refractivity contribution in [1.29, 1.82) is 0 Å². The van der Waals surface area contributed by atoms with Gasteiger partial charge < -0.3 is 14.7 Å². The average Bonchev–Trinajstić information content (AvgIpc) is 2.54. The Balaban J connectivity index is 2.07. The first kappa shape index (κ1) is 16.3. The van der Waals surface area contributed by atoms with E-state index in [1.165, 1.54) is 12.0 Å². The fourth-order valence-corrected chi connectivity index (χ4v) is 2.36. The number of carbonyl (C=O) groups is 1. The van der Waals surface area contributed by atoms with Crippen molar-refractivity contribution < 1.29 is 14.6 Å². The fourth-order valence-electron chi connectivity index (χ4n) is 2.10. The molecule has 2 aromatic carbocycles. The Morgan fingerprint density at radius 2 is 1.95 bits per heavy atom. The Morgan fingerprint density at radius 3 is 2.55 bits per heavy atom. The SMILES string of the molecule is COc1ccc(N(C)C(=O)CC(O)c2ccccc2)cc1Cl. The highest BCUT2D eigenvalue weighted by molar-refractivity contribution is 6.32. The van der Waals surface area contributed by atoms with Crippen molar-refractivity contribution in [2.24, 2.45) is 0 Å². The van der Waals surface area contributed by atoms with Gasteiger partial charge in [0, 0.05) is 12.7 Å². The van der Waals surface area contributed by atoms with Crippen LogP contribution in [0.4, 0.5) is 5.69 Å². The molecule has 0 aromatic heterocycles. The van der Waals surface area contributed by atoms with Crippen molar-refractivity contribution >= 4 is 23.2 Å². The molecule has 4 nitrogen and oxygen atoms in total. The Morgan fingerprint density at radius 1 is 1.27 bits per heavy atom. The quantitative estimate of drug-likeness (QED) is 0.918. The van der Waals surface area contributed by atoms with E-state index in [1.807, 2.05) is 18.2 Å². The zero-order valence-corrected chi connectivity index (χ0v) is 13.2. The highest BCUT2D eigenvalue weighted by Crippen LogP contribution is 2.29. The highest BCUT2D eigenvalue weighted by Gasteiger charge is 2.18. The summed E-state index contributed by atoms with van der Waals surface area (Å²) in [5.74, 6) is 0.355. The molecule has 0 heterocycles. The predicted octanol–water partition coefficient (Wildman–Crippen LogP) is 3.44. The summed E-state index contributed by atoms with van der Waals surface area (Å²) in [5, 5.41) is 10.6. The summed E-state index contributed by atoms with van der Waals surface area (Å²) in [7, 11) is 3.18. The third kappa shape index (κ3) is 3.78. The highest BCUT2D eigenvalue weighted by atomic mass is 35.5. The van der Waals surface area contributed by atoms with Crippen LogP contribution in [-0.2, 0) is 4.79 Å². The molecule has 0 saturated heterocycles. The zero-order valence-electron chi connectivity index (χ0n) is 12.5. The summed E-state index contributed by atoms with van der Waals surface area (Å²) in [4.78, 5) is 13.8. The van der Waals surface area contributed by atoms with Gasteiger partial charge in [0.15, 0.2) is 0 Å². The summed E-state index contributed by atoms with van der Waals surface area (Å²) in [5.41, 5.74) is 1.37. The maximum absolute atomic E-state index is 12.3. The Hall–Kier alpha value is -2.04. The van der Waals surface area contributed by atoms with Crippen molar-refractivity contribution in [3.05, 3.63) is 59.1 Å². The van der Waals surface area contributed by atoms with E-state index >= 15 is 0 Å². The van der Waals surface area contributed by atoms with Crippen LogP contribution in [0, 0.1) is 0 Å². The van der Waals surface area contributed by atoms with Crippen molar-refractivity contribution in [2.45, 2.75) is 12.5 Å². The summed E-state index contributed by atoms with van der Waals surface area (Å²) in [6.07, 6.45) is -0.825. The largest absolute Gasteiger partial charge is 0.495 e. The topological polar surface area (TPSA) is 49.8 Å². The number of benzene rings is 2. The van der Waals surface area contributed by atoms with E-state index in [2.05, 4.69) is 0 Å². The van der Waals surface area contributed by atoms with Crippen LogP contribution in [0.2, 0.25) is 5.02 Å². The molecule has 0 aliphatic carbocycles. The van der Waals surface area contributed by atoms with Gasteiger partial charge >= 0.3 is 0 Å². The number of aliphatic hydroxyl groups is 1. The summed E-state index contributed by atoms with van der Waals surface area (Å²) in [6, 6.07) is 14.2. The van der Waals surface area contributed by atoms with Crippen LogP contribution in [-0.4, -0.2) is 25.2 Å².